The molecule has 2 rings (SSSR count). The fourth-order valence-electron chi connectivity index (χ4n) is 2.71. The summed E-state index contributed by atoms with van der Waals surface area (Å²) in [5.74, 6) is 1.55. The second-order valence-electron chi connectivity index (χ2n) is 5.80. The van der Waals surface area contributed by atoms with Crippen molar-refractivity contribution in [2.75, 3.05) is 46.6 Å². The van der Waals surface area contributed by atoms with E-state index in [-0.39, 0.29) is 12.5 Å². The monoisotopic (exact) mass is 343 g/mol. The minimum absolute atomic E-state index is 0.133. The Kier molecular flexibility index (Phi) is 7.43. The average Bonchev–Trinajstić information content (AvgIpc) is 2.78. The summed E-state index contributed by atoms with van der Waals surface area (Å²) >= 11 is 6.22. The van der Waals surface area contributed by atoms with Gasteiger partial charge in [0, 0.05) is 48.8 Å². The first-order valence-corrected chi connectivity index (χ1v) is 8.45. The van der Waals surface area contributed by atoms with Crippen molar-refractivity contribution in [3.05, 3.63) is 22.7 Å². The van der Waals surface area contributed by atoms with Gasteiger partial charge < -0.3 is 19.3 Å². The van der Waals surface area contributed by atoms with Crippen molar-refractivity contribution >= 4 is 11.6 Å². The van der Waals surface area contributed by atoms with Crippen LogP contribution in [0.15, 0.2) is 12.1 Å². The third-order valence-electron chi connectivity index (χ3n) is 3.84. The molecule has 1 heterocycles. The highest BCUT2D eigenvalue weighted by Gasteiger charge is 2.21. The van der Waals surface area contributed by atoms with Crippen LogP contribution in [-0.4, -0.2) is 56.6 Å². The van der Waals surface area contributed by atoms with Gasteiger partial charge in [-0.15, -0.1) is 0 Å². The molecule has 0 aliphatic carbocycles. The molecular weight excluding hydrogens is 318 g/mol. The maximum Gasteiger partial charge on any atom is 0.165 e. The van der Waals surface area contributed by atoms with E-state index in [1.165, 1.54) is 0 Å². The van der Waals surface area contributed by atoms with Gasteiger partial charge in [0.1, 0.15) is 0 Å². The van der Waals surface area contributed by atoms with Crippen LogP contribution in [0.1, 0.15) is 18.9 Å². The predicted molar refractivity (Wildman–Crippen MR) is 90.5 cm³/mol. The fourth-order valence-corrected chi connectivity index (χ4v) is 2.94. The first-order valence-electron chi connectivity index (χ1n) is 8.08. The van der Waals surface area contributed by atoms with E-state index in [1.807, 2.05) is 6.07 Å². The van der Waals surface area contributed by atoms with Crippen LogP contribution in [0.3, 0.4) is 0 Å². The molecule has 0 saturated carbocycles. The number of aliphatic hydroxyl groups is 1. The Balaban J connectivity index is 2.20. The van der Waals surface area contributed by atoms with Crippen LogP contribution < -0.4 is 9.47 Å². The Morgan fingerprint density at radius 3 is 2.96 bits per heavy atom. The predicted octanol–water partition coefficient (Wildman–Crippen LogP) is 2.58. The van der Waals surface area contributed by atoms with Crippen molar-refractivity contribution in [1.82, 2.24) is 4.90 Å². The molecule has 0 radical (unpaired) electrons. The normalized spacial score (nSPS) is 19.4. The van der Waals surface area contributed by atoms with Crippen LogP contribution >= 0.6 is 11.6 Å². The molecule has 0 amide bonds. The number of rotatable bonds is 7. The summed E-state index contributed by atoms with van der Waals surface area (Å²) in [6.45, 7) is 6.40. The van der Waals surface area contributed by atoms with Crippen molar-refractivity contribution in [2.24, 2.45) is 5.92 Å². The van der Waals surface area contributed by atoms with Gasteiger partial charge >= 0.3 is 0 Å². The summed E-state index contributed by atoms with van der Waals surface area (Å²) in [5, 5.41) is 10.1. The maximum absolute atomic E-state index is 9.42. The third kappa shape index (κ3) is 5.24. The lowest BCUT2D eigenvalue weighted by Gasteiger charge is -2.24. The van der Waals surface area contributed by atoms with Crippen LogP contribution in [0.4, 0.5) is 0 Å². The van der Waals surface area contributed by atoms with E-state index in [2.05, 4.69) is 11.8 Å². The summed E-state index contributed by atoms with van der Waals surface area (Å²) in [7, 11) is 1.62. The Hall–Kier alpha value is -1.01. The maximum atomic E-state index is 9.42. The molecule has 6 heteroatoms. The zero-order valence-corrected chi connectivity index (χ0v) is 14.6. The summed E-state index contributed by atoms with van der Waals surface area (Å²) in [6, 6.07) is 3.70. The van der Waals surface area contributed by atoms with Crippen molar-refractivity contribution in [2.45, 2.75) is 19.9 Å². The second kappa shape index (κ2) is 9.33. The van der Waals surface area contributed by atoms with Crippen LogP contribution in [-0.2, 0) is 11.3 Å². The van der Waals surface area contributed by atoms with E-state index in [0.29, 0.717) is 37.1 Å². The lowest BCUT2D eigenvalue weighted by molar-refractivity contribution is 0.0958. The van der Waals surface area contributed by atoms with E-state index in [9.17, 15) is 5.11 Å². The molecule has 23 heavy (non-hydrogen) atoms. The van der Waals surface area contributed by atoms with Crippen molar-refractivity contribution in [3.63, 3.8) is 0 Å². The number of hydrogen-bond donors (Lipinski definition) is 1. The molecule has 1 aromatic rings. The largest absolute Gasteiger partial charge is 0.493 e. The van der Waals surface area contributed by atoms with E-state index in [1.54, 1.807) is 13.2 Å². The molecule has 1 aliphatic rings. The minimum atomic E-state index is 0.133. The molecule has 0 bridgehead atoms. The average molecular weight is 344 g/mol. The van der Waals surface area contributed by atoms with E-state index in [4.69, 9.17) is 25.8 Å². The van der Waals surface area contributed by atoms with Gasteiger partial charge in [-0.25, -0.2) is 0 Å². The number of aliphatic hydroxyl groups excluding tert-OH is 1. The number of ether oxygens (including phenoxy) is 3. The fraction of sp³-hybridized carbons (Fsp3) is 0.647. The van der Waals surface area contributed by atoms with E-state index in [0.717, 1.165) is 30.8 Å². The van der Waals surface area contributed by atoms with Gasteiger partial charge in [-0.1, -0.05) is 18.5 Å². The number of benzene rings is 1. The summed E-state index contributed by atoms with van der Waals surface area (Å²) in [5.41, 5.74) is 1.00. The Morgan fingerprint density at radius 1 is 1.43 bits per heavy atom. The molecule has 1 unspecified atom stereocenters. The summed E-state index contributed by atoms with van der Waals surface area (Å²) < 4.78 is 16.9. The van der Waals surface area contributed by atoms with Gasteiger partial charge in [0.15, 0.2) is 11.5 Å². The lowest BCUT2D eigenvalue weighted by Crippen LogP contribution is -2.31. The van der Waals surface area contributed by atoms with Gasteiger partial charge in [-0.3, -0.25) is 4.90 Å². The lowest BCUT2D eigenvalue weighted by atomic mass is 10.1. The number of hydrogen-bond acceptors (Lipinski definition) is 5. The molecule has 1 N–H and O–H groups in total. The molecule has 1 aliphatic heterocycles. The van der Waals surface area contributed by atoms with Crippen molar-refractivity contribution in [3.8, 4) is 11.5 Å². The molecule has 5 nitrogen and oxygen atoms in total. The third-order valence-corrected chi connectivity index (χ3v) is 4.06. The Labute approximate surface area is 143 Å². The second-order valence-corrected chi connectivity index (χ2v) is 6.24. The van der Waals surface area contributed by atoms with Crippen LogP contribution in [0.25, 0.3) is 0 Å². The summed E-state index contributed by atoms with van der Waals surface area (Å²) in [6.07, 6.45) is 0.926. The highest BCUT2D eigenvalue weighted by Crippen LogP contribution is 2.35. The zero-order chi connectivity index (χ0) is 16.7. The molecular formula is C17H26ClNO4. The Bertz CT molecular complexity index is 498. The van der Waals surface area contributed by atoms with Crippen molar-refractivity contribution in [1.29, 1.82) is 0 Å². The van der Waals surface area contributed by atoms with Crippen LogP contribution in [0.5, 0.6) is 11.5 Å². The van der Waals surface area contributed by atoms with Gasteiger partial charge in [0.05, 0.1) is 26.9 Å². The van der Waals surface area contributed by atoms with Gasteiger partial charge in [-0.2, -0.15) is 0 Å². The number of methoxy groups -OCH3 is 1. The van der Waals surface area contributed by atoms with Gasteiger partial charge in [-0.05, 0) is 12.5 Å². The molecule has 1 saturated heterocycles. The van der Waals surface area contributed by atoms with Crippen LogP contribution in [0.2, 0.25) is 5.02 Å². The highest BCUT2D eigenvalue weighted by atomic mass is 35.5. The molecule has 130 valence electrons. The SMILES string of the molecule is CCCOc1c(CN2CCOCC(CO)C2)cc(Cl)cc1OC. The molecule has 0 aromatic heterocycles. The molecule has 0 spiro atoms. The van der Waals surface area contributed by atoms with E-state index >= 15 is 0 Å². The van der Waals surface area contributed by atoms with Gasteiger partial charge in [0.2, 0.25) is 0 Å². The van der Waals surface area contributed by atoms with E-state index < -0.39 is 0 Å². The highest BCUT2D eigenvalue weighted by molar-refractivity contribution is 6.30. The molecule has 1 atom stereocenters. The standard InChI is InChI=1S/C17H26ClNO4/c1-3-5-23-17-14(7-15(18)8-16(17)21-2)10-19-4-6-22-12-13(9-19)11-20/h7-8,13,20H,3-6,9-12H2,1-2H3. The number of halogens is 1. The Morgan fingerprint density at radius 2 is 2.26 bits per heavy atom. The first kappa shape index (κ1) is 18.3. The molecule has 1 fully saturated rings. The first-order chi connectivity index (χ1) is 11.2. The minimum Gasteiger partial charge on any atom is -0.493 e. The van der Waals surface area contributed by atoms with Crippen LogP contribution in [0, 0.1) is 5.92 Å². The quantitative estimate of drug-likeness (QED) is 0.824. The van der Waals surface area contributed by atoms with Gasteiger partial charge in [0.25, 0.3) is 0 Å². The topological polar surface area (TPSA) is 51.2 Å². The van der Waals surface area contributed by atoms with Crippen molar-refractivity contribution < 1.29 is 19.3 Å². The molecule has 1 aromatic carbocycles. The summed E-state index contributed by atoms with van der Waals surface area (Å²) in [4.78, 5) is 2.26. The smallest absolute Gasteiger partial charge is 0.165 e. The number of nitrogens with zero attached hydrogens (tertiary/aromatic N) is 1. The zero-order valence-electron chi connectivity index (χ0n) is 13.9.